The van der Waals surface area contributed by atoms with Gasteiger partial charge >= 0.3 is 0 Å². The maximum Gasteiger partial charge on any atom is 0.254 e. The monoisotopic (exact) mass is 300 g/mol. The molecule has 0 spiro atoms. The summed E-state index contributed by atoms with van der Waals surface area (Å²) in [7, 11) is 0. The van der Waals surface area contributed by atoms with Crippen molar-refractivity contribution in [1.82, 2.24) is 5.01 Å². The first-order chi connectivity index (χ1) is 10.1. The minimum absolute atomic E-state index is 0.167. The summed E-state index contributed by atoms with van der Waals surface area (Å²) in [5, 5.41) is 5.74. The molecule has 1 aromatic rings. The number of allylic oxidation sites excluding steroid dienone is 2. The van der Waals surface area contributed by atoms with Crippen molar-refractivity contribution in [1.29, 1.82) is 0 Å². The molecule has 2 aliphatic carbocycles. The first-order valence-electron chi connectivity index (χ1n) is 7.01. The van der Waals surface area contributed by atoms with Crippen LogP contribution < -0.4 is 0 Å². The van der Waals surface area contributed by atoms with Crippen LogP contribution in [0.1, 0.15) is 12.0 Å². The van der Waals surface area contributed by atoms with Gasteiger partial charge in [0, 0.05) is 5.02 Å². The molecule has 0 radical (unpaired) electrons. The van der Waals surface area contributed by atoms with Crippen LogP contribution in [0.3, 0.4) is 0 Å². The van der Waals surface area contributed by atoms with Gasteiger partial charge in [0.2, 0.25) is 0 Å². The molecule has 0 aromatic heterocycles. The maximum absolute atomic E-state index is 12.4. The van der Waals surface area contributed by atoms with Crippen LogP contribution in [0.15, 0.2) is 41.5 Å². The first-order valence-corrected chi connectivity index (χ1v) is 7.38. The second kappa shape index (κ2) is 4.53. The van der Waals surface area contributed by atoms with E-state index in [0.717, 1.165) is 17.0 Å². The molecule has 1 aromatic carbocycles. The summed E-state index contributed by atoms with van der Waals surface area (Å²) < 4.78 is 0. The number of halogens is 1. The van der Waals surface area contributed by atoms with Crippen molar-refractivity contribution in [3.63, 3.8) is 0 Å². The van der Waals surface area contributed by atoms with Gasteiger partial charge in [-0.25, -0.2) is 0 Å². The van der Waals surface area contributed by atoms with Gasteiger partial charge in [0.05, 0.1) is 18.1 Å². The molecule has 1 saturated heterocycles. The average Bonchev–Trinajstić information content (AvgIpc) is 3.12. The van der Waals surface area contributed by atoms with Crippen LogP contribution in [0.5, 0.6) is 0 Å². The summed E-state index contributed by atoms with van der Waals surface area (Å²) in [5.74, 6) is -0.320. The van der Waals surface area contributed by atoms with E-state index >= 15 is 0 Å². The van der Waals surface area contributed by atoms with Crippen LogP contribution in [-0.4, -0.2) is 23.0 Å². The molecule has 21 heavy (non-hydrogen) atoms. The fraction of sp³-hybridized carbons (Fsp3) is 0.312. The number of hydrogen-bond donors (Lipinski definition) is 0. The fourth-order valence-electron chi connectivity index (χ4n) is 3.71. The fourth-order valence-corrected chi connectivity index (χ4v) is 3.91. The lowest BCUT2D eigenvalue weighted by Crippen LogP contribution is -2.28. The van der Waals surface area contributed by atoms with E-state index in [1.165, 1.54) is 6.21 Å². The van der Waals surface area contributed by atoms with Crippen molar-refractivity contribution < 1.29 is 9.59 Å². The van der Waals surface area contributed by atoms with Gasteiger partial charge in [0.15, 0.2) is 0 Å². The number of rotatable bonds is 2. The third-order valence-corrected chi connectivity index (χ3v) is 4.85. The number of amides is 2. The van der Waals surface area contributed by atoms with Crippen LogP contribution in [-0.2, 0) is 9.59 Å². The minimum Gasteiger partial charge on any atom is -0.272 e. The van der Waals surface area contributed by atoms with Gasteiger partial charge in [-0.1, -0.05) is 35.9 Å². The normalized spacial score (nSPS) is 33.5. The van der Waals surface area contributed by atoms with Gasteiger partial charge in [-0.2, -0.15) is 10.1 Å². The molecule has 1 aliphatic heterocycles. The highest BCUT2D eigenvalue weighted by molar-refractivity contribution is 6.30. The molecule has 4 rings (SSSR count). The Hall–Kier alpha value is -1.94. The van der Waals surface area contributed by atoms with Crippen LogP contribution in [0, 0.1) is 23.7 Å². The molecule has 4 nitrogen and oxygen atoms in total. The van der Waals surface area contributed by atoms with Gasteiger partial charge in [-0.15, -0.1) is 0 Å². The molecule has 4 atom stereocenters. The smallest absolute Gasteiger partial charge is 0.254 e. The van der Waals surface area contributed by atoms with E-state index in [1.807, 2.05) is 6.07 Å². The summed E-state index contributed by atoms with van der Waals surface area (Å²) in [4.78, 5) is 24.8. The molecule has 3 aliphatic rings. The number of imide groups is 1. The van der Waals surface area contributed by atoms with E-state index in [4.69, 9.17) is 11.6 Å². The predicted molar refractivity (Wildman–Crippen MR) is 78.6 cm³/mol. The number of fused-ring (bicyclic) bond motifs is 5. The topological polar surface area (TPSA) is 49.7 Å². The van der Waals surface area contributed by atoms with E-state index in [2.05, 4.69) is 17.3 Å². The molecule has 106 valence electrons. The summed E-state index contributed by atoms with van der Waals surface area (Å²) >= 11 is 5.90. The standard InChI is InChI=1S/C16H13ClN2O2/c17-12-3-1-2-9(6-12)8-18-19-15(20)13-10-4-5-11(7-10)14(13)16(19)21/h1-6,8,10-11,13-14H,7H2. The third kappa shape index (κ3) is 1.86. The van der Waals surface area contributed by atoms with Crippen molar-refractivity contribution >= 4 is 29.6 Å². The lowest BCUT2D eigenvalue weighted by molar-refractivity contribution is -0.140. The molecular weight excluding hydrogens is 288 g/mol. The Morgan fingerprint density at radius 2 is 1.81 bits per heavy atom. The van der Waals surface area contributed by atoms with E-state index < -0.39 is 0 Å². The van der Waals surface area contributed by atoms with E-state index in [9.17, 15) is 9.59 Å². The second-order valence-corrected chi connectivity index (χ2v) is 6.22. The second-order valence-electron chi connectivity index (χ2n) is 5.79. The lowest BCUT2D eigenvalue weighted by atomic mass is 9.85. The predicted octanol–water partition coefficient (Wildman–Crippen LogP) is 2.48. The third-order valence-electron chi connectivity index (χ3n) is 4.62. The number of hydrazone groups is 1. The summed E-state index contributed by atoms with van der Waals surface area (Å²) in [6.07, 6.45) is 6.58. The maximum atomic E-state index is 12.4. The molecule has 1 saturated carbocycles. The van der Waals surface area contributed by atoms with Crippen molar-refractivity contribution in [3.8, 4) is 0 Å². The van der Waals surface area contributed by atoms with Gasteiger partial charge in [-0.05, 0) is 36.0 Å². The van der Waals surface area contributed by atoms with Gasteiger partial charge in [-0.3, -0.25) is 9.59 Å². The minimum atomic E-state index is -0.205. The van der Waals surface area contributed by atoms with Crippen molar-refractivity contribution in [2.75, 3.05) is 0 Å². The molecule has 2 amide bonds. The Kier molecular flexibility index (Phi) is 2.76. The quantitative estimate of drug-likeness (QED) is 0.479. The number of carbonyl (C=O) groups excluding carboxylic acids is 2. The Bertz CT molecular complexity index is 667. The molecular formula is C16H13ClN2O2. The van der Waals surface area contributed by atoms with E-state index in [-0.39, 0.29) is 35.5 Å². The summed E-state index contributed by atoms with van der Waals surface area (Å²) in [6.45, 7) is 0. The highest BCUT2D eigenvalue weighted by atomic mass is 35.5. The van der Waals surface area contributed by atoms with Crippen molar-refractivity contribution in [2.45, 2.75) is 6.42 Å². The molecule has 2 bridgehead atoms. The SMILES string of the molecule is O=C1C2C3C=CC(C3)C2C(=O)N1N=Cc1cccc(Cl)c1. The van der Waals surface area contributed by atoms with Crippen molar-refractivity contribution in [3.05, 3.63) is 47.0 Å². The van der Waals surface area contributed by atoms with E-state index in [1.54, 1.807) is 18.2 Å². The van der Waals surface area contributed by atoms with Gasteiger partial charge in [0.1, 0.15) is 0 Å². The Labute approximate surface area is 127 Å². The number of benzene rings is 1. The summed E-state index contributed by atoms with van der Waals surface area (Å²) in [6, 6.07) is 7.13. The van der Waals surface area contributed by atoms with Crippen LogP contribution in [0.25, 0.3) is 0 Å². The Morgan fingerprint density at radius 3 is 2.43 bits per heavy atom. The number of nitrogens with zero attached hydrogens (tertiary/aromatic N) is 2. The summed E-state index contributed by atoms with van der Waals surface area (Å²) in [5.41, 5.74) is 0.765. The van der Waals surface area contributed by atoms with Crippen LogP contribution >= 0.6 is 11.6 Å². The molecule has 4 unspecified atom stereocenters. The number of hydrogen-bond acceptors (Lipinski definition) is 3. The molecule has 1 heterocycles. The Balaban J connectivity index is 1.60. The van der Waals surface area contributed by atoms with Gasteiger partial charge in [0.25, 0.3) is 11.8 Å². The molecule has 0 N–H and O–H groups in total. The lowest BCUT2D eigenvalue weighted by Gasteiger charge is -2.13. The first kappa shape index (κ1) is 12.8. The zero-order chi connectivity index (χ0) is 14.6. The highest BCUT2D eigenvalue weighted by Gasteiger charge is 2.59. The Morgan fingerprint density at radius 1 is 1.14 bits per heavy atom. The van der Waals surface area contributed by atoms with Gasteiger partial charge < -0.3 is 0 Å². The van der Waals surface area contributed by atoms with Crippen LogP contribution in [0.2, 0.25) is 5.02 Å². The highest BCUT2D eigenvalue weighted by Crippen LogP contribution is 2.52. The largest absolute Gasteiger partial charge is 0.272 e. The van der Waals surface area contributed by atoms with E-state index in [0.29, 0.717) is 5.02 Å². The number of carbonyl (C=O) groups is 2. The molecule has 5 heteroatoms. The zero-order valence-corrected chi connectivity index (χ0v) is 11.9. The van der Waals surface area contributed by atoms with Crippen LogP contribution in [0.4, 0.5) is 0 Å². The zero-order valence-electron chi connectivity index (χ0n) is 11.1. The molecule has 2 fully saturated rings. The average molecular weight is 301 g/mol. The van der Waals surface area contributed by atoms with Crippen molar-refractivity contribution in [2.24, 2.45) is 28.8 Å².